The van der Waals surface area contributed by atoms with Crippen LogP contribution in [-0.2, 0) is 17.9 Å². The number of hydrogen-bond donors (Lipinski definition) is 1. The molecular formula is C27H25N3O3. The Balaban J connectivity index is 1.21. The summed E-state index contributed by atoms with van der Waals surface area (Å²) in [6.07, 6.45) is 3.74. The van der Waals surface area contributed by atoms with Gasteiger partial charge in [0, 0.05) is 18.7 Å². The third-order valence-electron chi connectivity index (χ3n) is 5.66. The number of carbonyl (C=O) groups is 1. The molecule has 3 aromatic carbocycles. The molecule has 2 heterocycles. The fraction of sp³-hybridized carbons (Fsp3) is 0.185. The number of amides is 1. The first kappa shape index (κ1) is 20.8. The Hall–Kier alpha value is -4.06. The monoisotopic (exact) mass is 439 g/mol. The normalized spacial score (nSPS) is 12.6. The van der Waals surface area contributed by atoms with E-state index in [0.29, 0.717) is 30.2 Å². The zero-order chi connectivity index (χ0) is 22.6. The maximum Gasteiger partial charge on any atom is 0.250 e. The van der Waals surface area contributed by atoms with Gasteiger partial charge in [0.25, 0.3) is 5.91 Å². The molecular weight excluding hydrogens is 414 g/mol. The van der Waals surface area contributed by atoms with Crippen molar-refractivity contribution in [3.05, 3.63) is 95.3 Å². The number of nitrogens with one attached hydrogen (secondary N) is 1. The number of rotatable bonds is 7. The number of carbonyl (C=O) groups excluding carboxylic acids is 1. The van der Waals surface area contributed by atoms with Gasteiger partial charge in [0.1, 0.15) is 6.61 Å². The largest absolute Gasteiger partial charge is 0.490 e. The van der Waals surface area contributed by atoms with E-state index in [1.807, 2.05) is 67.9 Å². The van der Waals surface area contributed by atoms with Crippen molar-refractivity contribution in [1.29, 1.82) is 0 Å². The van der Waals surface area contributed by atoms with E-state index < -0.39 is 0 Å². The van der Waals surface area contributed by atoms with Gasteiger partial charge in [-0.05, 0) is 42.3 Å². The zero-order valence-corrected chi connectivity index (χ0v) is 18.5. The molecule has 1 aliphatic rings. The van der Waals surface area contributed by atoms with Gasteiger partial charge >= 0.3 is 0 Å². The molecule has 0 unspecified atom stereocenters. The van der Waals surface area contributed by atoms with Crippen molar-refractivity contribution < 1.29 is 14.3 Å². The Bertz CT molecular complexity index is 1320. The highest BCUT2D eigenvalue weighted by Crippen LogP contribution is 2.35. The van der Waals surface area contributed by atoms with Crippen LogP contribution in [0.4, 0.5) is 0 Å². The topological polar surface area (TPSA) is 65.4 Å². The van der Waals surface area contributed by atoms with Crippen molar-refractivity contribution in [2.45, 2.75) is 20.0 Å². The predicted molar refractivity (Wildman–Crippen MR) is 128 cm³/mol. The number of imidazole rings is 1. The molecule has 1 amide bonds. The van der Waals surface area contributed by atoms with E-state index in [2.05, 4.69) is 33.1 Å². The number of ether oxygens (including phenoxy) is 2. The summed E-state index contributed by atoms with van der Waals surface area (Å²) in [6.45, 7) is 3.93. The van der Waals surface area contributed by atoms with E-state index >= 15 is 0 Å². The number of nitrogens with zero attached hydrogens (tertiary/aromatic N) is 2. The molecule has 0 atom stereocenters. The average molecular weight is 440 g/mol. The summed E-state index contributed by atoms with van der Waals surface area (Å²) >= 11 is 0. The highest BCUT2D eigenvalue weighted by atomic mass is 16.5. The molecule has 4 aromatic rings. The summed E-state index contributed by atoms with van der Waals surface area (Å²) in [4.78, 5) is 17.1. The summed E-state index contributed by atoms with van der Waals surface area (Å²) < 4.78 is 13.6. The maximum atomic E-state index is 12.7. The molecule has 0 bridgehead atoms. The second-order valence-electron chi connectivity index (χ2n) is 7.93. The van der Waals surface area contributed by atoms with E-state index in [0.717, 1.165) is 28.7 Å². The standard InChI is InChI=1S/C27H25N3O3/c1-2-32-25-9-5-6-21-14-22(17-33-26(21)25)27(31)28-15-19-10-12-20(13-11-19)16-30-18-29-23-7-3-4-8-24(23)30/h3-14,18H,2,15-17H2,1H3,(H,28,31). The number of hydrogen-bond acceptors (Lipinski definition) is 4. The summed E-state index contributed by atoms with van der Waals surface area (Å²) in [5, 5.41) is 2.99. The fourth-order valence-electron chi connectivity index (χ4n) is 3.97. The summed E-state index contributed by atoms with van der Waals surface area (Å²) in [5.74, 6) is 1.27. The highest BCUT2D eigenvalue weighted by molar-refractivity contribution is 5.99. The van der Waals surface area contributed by atoms with Gasteiger partial charge in [-0.3, -0.25) is 4.79 Å². The van der Waals surface area contributed by atoms with E-state index in [-0.39, 0.29) is 12.5 Å². The summed E-state index contributed by atoms with van der Waals surface area (Å²) in [5.41, 5.74) is 5.78. The molecule has 0 saturated heterocycles. The molecule has 6 heteroatoms. The lowest BCUT2D eigenvalue weighted by molar-refractivity contribution is -0.117. The molecule has 0 spiro atoms. The van der Waals surface area contributed by atoms with Crippen LogP contribution in [0.25, 0.3) is 17.1 Å². The Kier molecular flexibility index (Phi) is 5.81. The maximum absolute atomic E-state index is 12.7. The molecule has 6 nitrogen and oxygen atoms in total. The van der Waals surface area contributed by atoms with Gasteiger partial charge in [-0.1, -0.05) is 48.5 Å². The van der Waals surface area contributed by atoms with Crippen LogP contribution in [-0.4, -0.2) is 28.7 Å². The van der Waals surface area contributed by atoms with Crippen LogP contribution in [0.5, 0.6) is 11.5 Å². The molecule has 1 aromatic heterocycles. The smallest absolute Gasteiger partial charge is 0.250 e. The van der Waals surface area contributed by atoms with Crippen molar-refractivity contribution in [3.63, 3.8) is 0 Å². The fourth-order valence-corrected chi connectivity index (χ4v) is 3.97. The SMILES string of the molecule is CCOc1cccc2c1OCC(C(=O)NCc1ccc(Cn3cnc4ccccc43)cc1)=C2. The molecule has 33 heavy (non-hydrogen) atoms. The Morgan fingerprint density at radius 1 is 1.06 bits per heavy atom. The number of para-hydroxylation sites is 3. The van der Waals surface area contributed by atoms with Gasteiger partial charge in [-0.2, -0.15) is 0 Å². The van der Waals surface area contributed by atoms with Crippen molar-refractivity contribution in [2.24, 2.45) is 0 Å². The van der Waals surface area contributed by atoms with Crippen molar-refractivity contribution >= 4 is 23.0 Å². The van der Waals surface area contributed by atoms with E-state index in [4.69, 9.17) is 9.47 Å². The predicted octanol–water partition coefficient (Wildman–Crippen LogP) is 4.58. The van der Waals surface area contributed by atoms with Gasteiger partial charge in [0.15, 0.2) is 11.5 Å². The van der Waals surface area contributed by atoms with Crippen molar-refractivity contribution in [3.8, 4) is 11.5 Å². The van der Waals surface area contributed by atoms with Crippen LogP contribution in [0, 0.1) is 0 Å². The zero-order valence-electron chi connectivity index (χ0n) is 18.5. The molecule has 1 aliphatic heterocycles. The first-order valence-electron chi connectivity index (χ1n) is 11.1. The Morgan fingerprint density at radius 2 is 1.88 bits per heavy atom. The third kappa shape index (κ3) is 4.46. The molecule has 0 saturated carbocycles. The Morgan fingerprint density at radius 3 is 2.73 bits per heavy atom. The third-order valence-corrected chi connectivity index (χ3v) is 5.66. The lowest BCUT2D eigenvalue weighted by atomic mass is 10.1. The summed E-state index contributed by atoms with van der Waals surface area (Å²) in [7, 11) is 0. The van der Waals surface area contributed by atoms with Crippen LogP contribution < -0.4 is 14.8 Å². The van der Waals surface area contributed by atoms with Gasteiger partial charge < -0.3 is 19.4 Å². The van der Waals surface area contributed by atoms with Gasteiger partial charge in [-0.15, -0.1) is 0 Å². The van der Waals surface area contributed by atoms with E-state index in [1.165, 1.54) is 5.56 Å². The summed E-state index contributed by atoms with van der Waals surface area (Å²) in [6, 6.07) is 22.1. The number of benzene rings is 3. The first-order valence-corrected chi connectivity index (χ1v) is 11.1. The minimum Gasteiger partial charge on any atom is -0.490 e. The molecule has 0 radical (unpaired) electrons. The minimum absolute atomic E-state index is 0.128. The minimum atomic E-state index is -0.128. The van der Waals surface area contributed by atoms with Crippen molar-refractivity contribution in [1.82, 2.24) is 14.9 Å². The van der Waals surface area contributed by atoms with Gasteiger partial charge in [0.05, 0.1) is 29.5 Å². The molecule has 5 rings (SSSR count). The quantitative estimate of drug-likeness (QED) is 0.458. The van der Waals surface area contributed by atoms with Crippen LogP contribution in [0.2, 0.25) is 0 Å². The van der Waals surface area contributed by atoms with Crippen LogP contribution in [0.15, 0.2) is 78.6 Å². The lowest BCUT2D eigenvalue weighted by Crippen LogP contribution is -2.28. The van der Waals surface area contributed by atoms with Crippen LogP contribution >= 0.6 is 0 Å². The van der Waals surface area contributed by atoms with E-state index in [1.54, 1.807) is 0 Å². The average Bonchev–Trinajstić information content (AvgIpc) is 3.26. The molecule has 166 valence electrons. The second kappa shape index (κ2) is 9.20. The number of fused-ring (bicyclic) bond motifs is 2. The lowest BCUT2D eigenvalue weighted by Gasteiger charge is -2.20. The number of aromatic nitrogens is 2. The van der Waals surface area contributed by atoms with Gasteiger partial charge in [-0.25, -0.2) is 4.98 Å². The molecule has 0 aliphatic carbocycles. The molecule has 1 N–H and O–H groups in total. The van der Waals surface area contributed by atoms with E-state index in [9.17, 15) is 4.79 Å². The van der Waals surface area contributed by atoms with Crippen molar-refractivity contribution in [2.75, 3.05) is 13.2 Å². The van der Waals surface area contributed by atoms with Gasteiger partial charge in [0.2, 0.25) is 0 Å². The van der Waals surface area contributed by atoms with Crippen LogP contribution in [0.1, 0.15) is 23.6 Å². The highest BCUT2D eigenvalue weighted by Gasteiger charge is 2.20. The molecule has 0 fully saturated rings. The van der Waals surface area contributed by atoms with Crippen LogP contribution in [0.3, 0.4) is 0 Å². The second-order valence-corrected chi connectivity index (χ2v) is 7.93. The Labute approximate surface area is 192 Å². The first-order chi connectivity index (χ1) is 16.2.